The summed E-state index contributed by atoms with van der Waals surface area (Å²) < 4.78 is 0. The molecule has 1 aromatic rings. The third-order valence-electron chi connectivity index (χ3n) is 3.01. The molecule has 4 heteroatoms. The minimum Gasteiger partial charge on any atom is -0.338 e. The molecule has 0 spiro atoms. The monoisotopic (exact) mass is 249 g/mol. The lowest BCUT2D eigenvalue weighted by Crippen LogP contribution is -2.40. The Labute approximate surface area is 109 Å². The lowest BCUT2D eigenvalue weighted by molar-refractivity contribution is 0.203. The maximum Gasteiger partial charge on any atom is 0.317 e. The van der Waals surface area contributed by atoms with Crippen molar-refractivity contribution in [2.75, 3.05) is 19.6 Å². The van der Waals surface area contributed by atoms with E-state index >= 15 is 0 Å². The smallest absolute Gasteiger partial charge is 0.317 e. The second-order valence-electron chi connectivity index (χ2n) is 4.21. The number of nitrogens with one attached hydrogen (secondary N) is 1. The number of nitrogens with two attached hydrogens (primary N) is 1. The minimum absolute atomic E-state index is 0.0136. The summed E-state index contributed by atoms with van der Waals surface area (Å²) >= 11 is 0. The molecule has 0 fully saturated rings. The van der Waals surface area contributed by atoms with Crippen LogP contribution in [0.4, 0.5) is 4.79 Å². The van der Waals surface area contributed by atoms with E-state index < -0.39 is 0 Å². The van der Waals surface area contributed by atoms with Gasteiger partial charge in [0.15, 0.2) is 0 Å². The molecule has 100 valence electrons. The van der Waals surface area contributed by atoms with Crippen molar-refractivity contribution in [1.29, 1.82) is 0 Å². The highest BCUT2D eigenvalue weighted by Crippen LogP contribution is 2.12. The van der Waals surface area contributed by atoms with Gasteiger partial charge < -0.3 is 16.0 Å². The average molecular weight is 249 g/mol. The van der Waals surface area contributed by atoms with Gasteiger partial charge in [-0.3, -0.25) is 0 Å². The zero-order valence-corrected chi connectivity index (χ0v) is 11.2. The van der Waals surface area contributed by atoms with Gasteiger partial charge in [0.25, 0.3) is 0 Å². The largest absolute Gasteiger partial charge is 0.338 e. The minimum atomic E-state index is -0.0248. The zero-order chi connectivity index (χ0) is 13.4. The topological polar surface area (TPSA) is 58.4 Å². The molecule has 0 heterocycles. The molecule has 1 rings (SSSR count). The van der Waals surface area contributed by atoms with Gasteiger partial charge in [-0.2, -0.15) is 0 Å². The van der Waals surface area contributed by atoms with Crippen LogP contribution >= 0.6 is 0 Å². The summed E-state index contributed by atoms with van der Waals surface area (Å²) in [5, 5.41) is 2.89. The molecular weight excluding hydrogens is 226 g/mol. The van der Waals surface area contributed by atoms with Gasteiger partial charge in [0.1, 0.15) is 0 Å². The lowest BCUT2D eigenvalue weighted by atomic mass is 10.1. The fourth-order valence-electron chi connectivity index (χ4n) is 1.82. The summed E-state index contributed by atoms with van der Waals surface area (Å²) in [7, 11) is 0. The fraction of sp³-hybridized carbons (Fsp3) is 0.500. The molecule has 18 heavy (non-hydrogen) atoms. The third-order valence-corrected chi connectivity index (χ3v) is 3.01. The molecule has 0 saturated heterocycles. The summed E-state index contributed by atoms with van der Waals surface area (Å²) in [5.41, 5.74) is 7.16. The van der Waals surface area contributed by atoms with Crippen LogP contribution in [0.25, 0.3) is 0 Å². The Hall–Kier alpha value is -1.55. The van der Waals surface area contributed by atoms with Crippen LogP contribution in [0.3, 0.4) is 0 Å². The van der Waals surface area contributed by atoms with Gasteiger partial charge in [-0.1, -0.05) is 30.3 Å². The van der Waals surface area contributed by atoms with E-state index in [0.29, 0.717) is 6.54 Å². The standard InChI is InChI=1S/C14H23N3O/c1-3-17(4-2)14(18)16-11-10-13(15)12-8-6-5-7-9-12/h5-9,13H,3-4,10-11,15H2,1-2H3,(H,16,18). The van der Waals surface area contributed by atoms with E-state index in [9.17, 15) is 4.79 Å². The van der Waals surface area contributed by atoms with Crippen LogP contribution < -0.4 is 11.1 Å². The first kappa shape index (κ1) is 14.5. The number of urea groups is 1. The number of hydrogen-bond donors (Lipinski definition) is 2. The van der Waals surface area contributed by atoms with Gasteiger partial charge in [-0.25, -0.2) is 4.79 Å². The van der Waals surface area contributed by atoms with Gasteiger partial charge >= 0.3 is 6.03 Å². The SMILES string of the molecule is CCN(CC)C(=O)NCCC(N)c1ccccc1. The van der Waals surface area contributed by atoms with Gasteiger partial charge in [0.2, 0.25) is 0 Å². The van der Waals surface area contributed by atoms with Crippen LogP contribution in [0.5, 0.6) is 0 Å². The van der Waals surface area contributed by atoms with Crippen molar-refractivity contribution in [3.05, 3.63) is 35.9 Å². The lowest BCUT2D eigenvalue weighted by Gasteiger charge is -2.20. The Morgan fingerprint density at radius 2 is 1.89 bits per heavy atom. The molecule has 1 aromatic carbocycles. The van der Waals surface area contributed by atoms with E-state index in [1.165, 1.54) is 0 Å². The molecule has 4 nitrogen and oxygen atoms in total. The van der Waals surface area contributed by atoms with Gasteiger partial charge in [0, 0.05) is 25.7 Å². The Morgan fingerprint density at radius 3 is 2.44 bits per heavy atom. The fourth-order valence-corrected chi connectivity index (χ4v) is 1.82. The summed E-state index contributed by atoms with van der Waals surface area (Å²) in [6, 6.07) is 9.91. The number of nitrogens with zero attached hydrogens (tertiary/aromatic N) is 1. The molecule has 1 atom stereocenters. The number of rotatable bonds is 6. The quantitative estimate of drug-likeness (QED) is 0.811. The molecule has 0 aliphatic carbocycles. The second-order valence-corrected chi connectivity index (χ2v) is 4.21. The van der Waals surface area contributed by atoms with Crippen molar-refractivity contribution < 1.29 is 4.79 Å². The van der Waals surface area contributed by atoms with E-state index in [1.807, 2.05) is 44.2 Å². The maximum atomic E-state index is 11.7. The van der Waals surface area contributed by atoms with Crippen LogP contribution in [-0.2, 0) is 0 Å². The van der Waals surface area contributed by atoms with Crippen LogP contribution in [-0.4, -0.2) is 30.6 Å². The normalized spacial score (nSPS) is 11.9. The number of hydrogen-bond acceptors (Lipinski definition) is 2. The molecular formula is C14H23N3O. The Bertz CT molecular complexity index is 349. The molecule has 2 amide bonds. The predicted molar refractivity (Wildman–Crippen MR) is 74.3 cm³/mol. The molecule has 3 N–H and O–H groups in total. The van der Waals surface area contributed by atoms with Gasteiger partial charge in [0.05, 0.1) is 0 Å². The van der Waals surface area contributed by atoms with Crippen molar-refractivity contribution in [2.45, 2.75) is 26.3 Å². The number of carbonyl (C=O) groups is 1. The molecule has 0 aromatic heterocycles. The van der Waals surface area contributed by atoms with Crippen molar-refractivity contribution in [3.63, 3.8) is 0 Å². The van der Waals surface area contributed by atoms with Crippen LogP contribution in [0.15, 0.2) is 30.3 Å². The molecule has 0 aliphatic rings. The van der Waals surface area contributed by atoms with E-state index in [0.717, 1.165) is 25.1 Å². The molecule has 1 unspecified atom stereocenters. The predicted octanol–water partition coefficient (Wildman–Crippen LogP) is 2.13. The number of carbonyl (C=O) groups excluding carboxylic acids is 1. The Morgan fingerprint density at radius 1 is 1.28 bits per heavy atom. The van der Waals surface area contributed by atoms with Crippen LogP contribution in [0, 0.1) is 0 Å². The van der Waals surface area contributed by atoms with Gasteiger partial charge in [-0.05, 0) is 25.8 Å². The van der Waals surface area contributed by atoms with Gasteiger partial charge in [-0.15, -0.1) is 0 Å². The van der Waals surface area contributed by atoms with E-state index in [1.54, 1.807) is 4.90 Å². The summed E-state index contributed by atoms with van der Waals surface area (Å²) in [6.45, 7) is 6.00. The highest BCUT2D eigenvalue weighted by atomic mass is 16.2. The maximum absolute atomic E-state index is 11.7. The number of amides is 2. The molecule has 0 aliphatic heterocycles. The first-order chi connectivity index (χ1) is 8.69. The number of benzene rings is 1. The molecule has 0 radical (unpaired) electrons. The third kappa shape index (κ3) is 4.37. The van der Waals surface area contributed by atoms with E-state index in [-0.39, 0.29) is 12.1 Å². The Kier molecular flexibility index (Phi) is 6.22. The van der Waals surface area contributed by atoms with Crippen molar-refractivity contribution in [2.24, 2.45) is 5.73 Å². The summed E-state index contributed by atoms with van der Waals surface area (Å²) in [4.78, 5) is 13.5. The average Bonchev–Trinajstić information content (AvgIpc) is 2.41. The Balaban J connectivity index is 2.32. The molecule has 0 saturated carbocycles. The first-order valence-electron chi connectivity index (χ1n) is 6.52. The van der Waals surface area contributed by atoms with Crippen LogP contribution in [0.2, 0.25) is 0 Å². The van der Waals surface area contributed by atoms with E-state index in [2.05, 4.69) is 5.32 Å². The van der Waals surface area contributed by atoms with Crippen LogP contribution in [0.1, 0.15) is 31.9 Å². The summed E-state index contributed by atoms with van der Waals surface area (Å²) in [5.74, 6) is 0. The summed E-state index contributed by atoms with van der Waals surface area (Å²) in [6.07, 6.45) is 0.747. The zero-order valence-electron chi connectivity index (χ0n) is 11.2. The molecule has 0 bridgehead atoms. The van der Waals surface area contributed by atoms with E-state index in [4.69, 9.17) is 5.73 Å². The van der Waals surface area contributed by atoms with Crippen molar-refractivity contribution in [3.8, 4) is 0 Å². The van der Waals surface area contributed by atoms with Crippen molar-refractivity contribution in [1.82, 2.24) is 10.2 Å². The highest BCUT2D eigenvalue weighted by Gasteiger charge is 2.09. The second kappa shape index (κ2) is 7.71. The first-order valence-corrected chi connectivity index (χ1v) is 6.52. The highest BCUT2D eigenvalue weighted by molar-refractivity contribution is 5.73. The van der Waals surface area contributed by atoms with Crippen molar-refractivity contribution >= 4 is 6.03 Å².